The van der Waals surface area contributed by atoms with E-state index in [4.69, 9.17) is 0 Å². The van der Waals surface area contributed by atoms with Crippen LogP contribution in [-0.2, 0) is 0 Å². The number of fused-ring (bicyclic) bond motifs is 6. The molecule has 10 rings (SSSR count). The summed E-state index contributed by atoms with van der Waals surface area (Å²) in [6.07, 6.45) is 7.70. The van der Waals surface area contributed by atoms with Crippen LogP contribution in [0.3, 0.4) is 0 Å². The molecule has 1 aromatic heterocycles. The Bertz CT molecular complexity index is 2470. The van der Waals surface area contributed by atoms with Gasteiger partial charge in [-0.05, 0) is 108 Å². The number of piperidine rings is 2. The molecule has 3 nitrogen and oxygen atoms in total. The van der Waals surface area contributed by atoms with E-state index in [0.29, 0.717) is 0 Å². The van der Waals surface area contributed by atoms with E-state index in [9.17, 15) is 0 Å². The summed E-state index contributed by atoms with van der Waals surface area (Å²) < 4.78 is 2.57. The molecule has 3 heteroatoms. The standard InChI is InChI=1S/C46H41N3/c1-9-26-47(27-10-1)33-23-25-40-41(30-33)45(38-19-13-15-32-14-3-4-16-35(32)38)39-24-22-34(48-28-11-2-12-29-48)31-42(39)46(40)49-43-20-7-5-17-36(43)37-18-6-8-21-44(37)49/h3-8,13-25,30-31H,1-2,9-12,26-29H2. The van der Waals surface area contributed by atoms with E-state index < -0.39 is 0 Å². The molecular formula is C46H41N3. The van der Waals surface area contributed by atoms with Crippen molar-refractivity contribution >= 4 is 65.5 Å². The third-order valence-electron chi connectivity index (χ3n) is 11.4. The van der Waals surface area contributed by atoms with E-state index in [1.54, 1.807) is 0 Å². The fraction of sp³-hybridized carbons (Fsp3) is 0.217. The molecule has 2 aliphatic heterocycles. The van der Waals surface area contributed by atoms with Crippen LogP contribution < -0.4 is 9.80 Å². The molecule has 2 aliphatic rings. The molecule has 0 N–H and O–H groups in total. The van der Waals surface area contributed by atoms with Crippen molar-refractivity contribution in [1.29, 1.82) is 0 Å². The lowest BCUT2D eigenvalue weighted by atomic mass is 9.87. The van der Waals surface area contributed by atoms with Gasteiger partial charge in [0.1, 0.15) is 0 Å². The fourth-order valence-corrected chi connectivity index (χ4v) is 9.02. The van der Waals surface area contributed by atoms with Gasteiger partial charge in [0.2, 0.25) is 0 Å². The Morgan fingerprint density at radius 1 is 0.367 bits per heavy atom. The van der Waals surface area contributed by atoms with Crippen molar-refractivity contribution in [3.8, 4) is 16.8 Å². The quantitative estimate of drug-likeness (QED) is 0.178. The summed E-state index contributed by atoms with van der Waals surface area (Å²) >= 11 is 0. The van der Waals surface area contributed by atoms with E-state index in [1.807, 2.05) is 0 Å². The monoisotopic (exact) mass is 635 g/mol. The van der Waals surface area contributed by atoms with Gasteiger partial charge in [0.05, 0.1) is 16.7 Å². The van der Waals surface area contributed by atoms with Gasteiger partial charge in [0.15, 0.2) is 0 Å². The van der Waals surface area contributed by atoms with Gasteiger partial charge in [-0.2, -0.15) is 0 Å². The Labute approximate surface area is 288 Å². The highest BCUT2D eigenvalue weighted by molar-refractivity contribution is 6.23. The second-order valence-electron chi connectivity index (χ2n) is 14.2. The molecule has 0 radical (unpaired) electrons. The lowest BCUT2D eigenvalue weighted by Gasteiger charge is -2.31. The minimum absolute atomic E-state index is 1.12. The molecule has 7 aromatic carbocycles. The van der Waals surface area contributed by atoms with Gasteiger partial charge in [-0.3, -0.25) is 0 Å². The predicted molar refractivity (Wildman–Crippen MR) is 211 cm³/mol. The highest BCUT2D eigenvalue weighted by atomic mass is 15.1. The van der Waals surface area contributed by atoms with E-state index in [2.05, 4.69) is 142 Å². The van der Waals surface area contributed by atoms with Gasteiger partial charge in [-0.15, -0.1) is 0 Å². The summed E-state index contributed by atoms with van der Waals surface area (Å²) in [5, 5.41) is 10.5. The topological polar surface area (TPSA) is 11.4 Å². The Balaban J connectivity index is 1.39. The van der Waals surface area contributed by atoms with Crippen LogP contribution >= 0.6 is 0 Å². The molecule has 2 fully saturated rings. The van der Waals surface area contributed by atoms with Gasteiger partial charge in [0, 0.05) is 59.1 Å². The van der Waals surface area contributed by atoms with E-state index in [-0.39, 0.29) is 0 Å². The number of nitrogens with zero attached hydrogens (tertiary/aromatic N) is 3. The summed E-state index contributed by atoms with van der Waals surface area (Å²) in [6, 6.07) is 48.4. The molecule has 0 saturated carbocycles. The van der Waals surface area contributed by atoms with Crippen LogP contribution in [0.1, 0.15) is 38.5 Å². The normalized spacial score (nSPS) is 15.7. The molecule has 0 unspecified atom stereocenters. The molecule has 49 heavy (non-hydrogen) atoms. The van der Waals surface area contributed by atoms with Gasteiger partial charge >= 0.3 is 0 Å². The molecule has 240 valence electrons. The molecule has 0 aliphatic carbocycles. The smallest absolute Gasteiger partial charge is 0.0620 e. The zero-order chi connectivity index (χ0) is 32.3. The maximum atomic E-state index is 2.61. The average molecular weight is 636 g/mol. The van der Waals surface area contributed by atoms with Crippen molar-refractivity contribution in [2.45, 2.75) is 38.5 Å². The third-order valence-corrected chi connectivity index (χ3v) is 11.4. The Hall–Kier alpha value is -5.28. The van der Waals surface area contributed by atoms with Gasteiger partial charge < -0.3 is 14.4 Å². The van der Waals surface area contributed by atoms with Crippen LogP contribution in [0.25, 0.3) is 70.9 Å². The number of hydrogen-bond donors (Lipinski definition) is 0. The Kier molecular flexibility index (Phi) is 6.85. The van der Waals surface area contributed by atoms with Gasteiger partial charge in [-0.25, -0.2) is 0 Å². The zero-order valence-electron chi connectivity index (χ0n) is 28.0. The lowest BCUT2D eigenvalue weighted by molar-refractivity contribution is 0.578. The van der Waals surface area contributed by atoms with Crippen molar-refractivity contribution < 1.29 is 0 Å². The Morgan fingerprint density at radius 3 is 1.55 bits per heavy atom. The van der Waals surface area contributed by atoms with E-state index >= 15 is 0 Å². The zero-order valence-corrected chi connectivity index (χ0v) is 28.0. The number of benzene rings is 7. The summed E-state index contributed by atoms with van der Waals surface area (Å²) in [7, 11) is 0. The molecule has 0 amide bonds. The molecule has 0 spiro atoms. The summed E-state index contributed by atoms with van der Waals surface area (Å²) in [4.78, 5) is 5.22. The molecule has 3 heterocycles. The maximum absolute atomic E-state index is 2.61. The van der Waals surface area contributed by atoms with Crippen LogP contribution in [0.15, 0.2) is 127 Å². The number of para-hydroxylation sites is 2. The minimum Gasteiger partial charge on any atom is -0.372 e. The molecule has 0 bridgehead atoms. The SMILES string of the molecule is c1ccc2c(-c3c4cc(N5CCCCC5)ccc4c(-n4c5ccccc5c5ccccc54)c4cc(N5CCCCC5)ccc34)cccc2c1. The molecular weight excluding hydrogens is 595 g/mol. The van der Waals surface area contributed by atoms with E-state index in [1.165, 1.54) is 121 Å². The second kappa shape index (κ2) is 11.7. The van der Waals surface area contributed by atoms with Crippen molar-refractivity contribution in [3.05, 3.63) is 127 Å². The molecule has 2 saturated heterocycles. The van der Waals surface area contributed by atoms with Crippen LogP contribution in [0.2, 0.25) is 0 Å². The summed E-state index contributed by atoms with van der Waals surface area (Å²) in [5.74, 6) is 0. The van der Waals surface area contributed by atoms with Gasteiger partial charge in [0.25, 0.3) is 0 Å². The van der Waals surface area contributed by atoms with Crippen LogP contribution in [0, 0.1) is 0 Å². The minimum atomic E-state index is 1.12. The first kappa shape index (κ1) is 28.7. The highest BCUT2D eigenvalue weighted by Crippen LogP contribution is 2.47. The van der Waals surface area contributed by atoms with Crippen molar-refractivity contribution in [3.63, 3.8) is 0 Å². The maximum Gasteiger partial charge on any atom is 0.0620 e. The first-order valence-corrected chi connectivity index (χ1v) is 18.3. The summed E-state index contributed by atoms with van der Waals surface area (Å²) in [5.41, 5.74) is 9.13. The third kappa shape index (κ3) is 4.63. The fourth-order valence-electron chi connectivity index (χ4n) is 9.02. The number of aromatic nitrogens is 1. The molecule has 8 aromatic rings. The van der Waals surface area contributed by atoms with Crippen LogP contribution in [-0.4, -0.2) is 30.7 Å². The first-order valence-electron chi connectivity index (χ1n) is 18.3. The Morgan fingerprint density at radius 2 is 0.898 bits per heavy atom. The van der Waals surface area contributed by atoms with Gasteiger partial charge in [-0.1, -0.05) is 91.0 Å². The second-order valence-corrected chi connectivity index (χ2v) is 14.2. The first-order chi connectivity index (χ1) is 24.3. The number of rotatable bonds is 4. The van der Waals surface area contributed by atoms with Crippen molar-refractivity contribution in [2.24, 2.45) is 0 Å². The van der Waals surface area contributed by atoms with Crippen molar-refractivity contribution in [1.82, 2.24) is 4.57 Å². The van der Waals surface area contributed by atoms with E-state index in [0.717, 1.165) is 26.2 Å². The lowest BCUT2D eigenvalue weighted by Crippen LogP contribution is -2.29. The largest absolute Gasteiger partial charge is 0.372 e. The highest BCUT2D eigenvalue weighted by Gasteiger charge is 2.24. The predicted octanol–water partition coefficient (Wildman–Crippen LogP) is 11.9. The number of anilines is 2. The average Bonchev–Trinajstić information content (AvgIpc) is 3.51. The molecule has 0 atom stereocenters. The number of hydrogen-bond acceptors (Lipinski definition) is 2. The van der Waals surface area contributed by atoms with Crippen LogP contribution in [0.4, 0.5) is 11.4 Å². The van der Waals surface area contributed by atoms with Crippen molar-refractivity contribution in [2.75, 3.05) is 36.0 Å². The van der Waals surface area contributed by atoms with Crippen LogP contribution in [0.5, 0.6) is 0 Å². The summed E-state index contributed by atoms with van der Waals surface area (Å²) in [6.45, 7) is 4.50.